The highest BCUT2D eigenvalue weighted by molar-refractivity contribution is 6.02. The Balaban J connectivity index is 0.000000112. The van der Waals surface area contributed by atoms with Crippen LogP contribution in [0.2, 0.25) is 0 Å². The van der Waals surface area contributed by atoms with Crippen LogP contribution in [0.5, 0.6) is 0 Å². The number of aromatic nitrogens is 16. The molecule has 19 heterocycles. The van der Waals surface area contributed by atoms with Crippen molar-refractivity contribution in [2.24, 2.45) is 10.8 Å². The number of H-pyrrole nitrogens is 4. The molecule has 7 saturated heterocycles. The fourth-order valence-electron chi connectivity index (χ4n) is 19.9. The molecule has 0 aliphatic carbocycles. The van der Waals surface area contributed by atoms with Gasteiger partial charge in [0.15, 0.2) is 0 Å². The maximum atomic E-state index is 13.2. The third kappa shape index (κ3) is 20.4. The summed E-state index contributed by atoms with van der Waals surface area (Å²) in [7, 11) is 2.17. The number of piperidine rings is 1. The molecule has 4 amide bonds. The Morgan fingerprint density at radius 3 is 1.01 bits per heavy atom. The van der Waals surface area contributed by atoms with Crippen molar-refractivity contribution in [1.82, 2.24) is 119 Å². The molecule has 32 nitrogen and oxygen atoms in total. The van der Waals surface area contributed by atoms with E-state index in [-0.39, 0.29) is 29.0 Å². The molecule has 0 bridgehead atoms. The number of nitrogens with zero attached hydrogens (tertiary/aromatic N) is 20. The first-order valence-electron chi connectivity index (χ1n) is 47.1. The summed E-state index contributed by atoms with van der Waals surface area (Å²) in [4.78, 5) is 137. The van der Waals surface area contributed by atoms with E-state index in [0.29, 0.717) is 64.1 Å². The SMILES string of the molecule is CC(C)N1CCN(C(=O)c2cc3cc(Nc4nccc(-c5ccccn5)n4)ccc3[nH]2)CC1.CCN1CC2(CCN(C(=O)c3cc4cc(Nc5nccc(-c6ccccn6)n5)ccc4[nH]3)C2)C1.CN1CCC2(CCN(C(=O)c3cc4cc(Nc5nccc(-c6ccccn6)n5)ccc4[nH]3)C2)C1.O=C(c1cc2cc(Nc3nccc(-c4ccccn4)n3)ccc2[nH]1)N1CCC(N2CCCC2)CC1. The topological polar surface area (TPSA) is 360 Å². The lowest BCUT2D eigenvalue weighted by Crippen LogP contribution is -2.57. The normalized spacial score (nSPS) is 17.4. The highest BCUT2D eigenvalue weighted by atomic mass is 16.2. The molecule has 16 aromatic rings. The maximum absolute atomic E-state index is 13.2. The van der Waals surface area contributed by atoms with E-state index in [1.807, 2.05) is 214 Å². The fraction of sp³-hybridized carbons (Fsp3) is 0.308. The van der Waals surface area contributed by atoms with Gasteiger partial charge in [-0.1, -0.05) is 31.2 Å². The van der Waals surface area contributed by atoms with E-state index in [0.717, 1.165) is 236 Å². The fourth-order valence-corrected chi connectivity index (χ4v) is 19.9. The van der Waals surface area contributed by atoms with Crippen LogP contribution in [0.3, 0.4) is 0 Å². The van der Waals surface area contributed by atoms with Gasteiger partial charge in [-0.05, 0) is 262 Å². The van der Waals surface area contributed by atoms with E-state index < -0.39 is 0 Å². The Kier molecular flexibility index (Phi) is 25.8. The molecule has 8 N–H and O–H groups in total. The number of rotatable bonds is 19. The Hall–Kier alpha value is -15.1. The van der Waals surface area contributed by atoms with Crippen LogP contribution in [0.4, 0.5) is 46.5 Å². The second kappa shape index (κ2) is 39.6. The lowest BCUT2D eigenvalue weighted by molar-refractivity contribution is 0.0130. The van der Waals surface area contributed by atoms with Crippen LogP contribution in [-0.2, 0) is 0 Å². The van der Waals surface area contributed by atoms with Crippen LogP contribution < -0.4 is 21.3 Å². The molecule has 136 heavy (non-hydrogen) atoms. The quantitative estimate of drug-likeness (QED) is 0.0373. The summed E-state index contributed by atoms with van der Waals surface area (Å²) in [6.45, 7) is 22.9. The average Bonchev–Trinajstić information content (AvgIpc) is 1.67. The summed E-state index contributed by atoms with van der Waals surface area (Å²) in [6.07, 6.45) is 22.0. The van der Waals surface area contributed by atoms with E-state index >= 15 is 0 Å². The number of carbonyl (C=O) groups is 4. The van der Waals surface area contributed by atoms with Crippen LogP contribution in [0.15, 0.2) is 244 Å². The standard InChI is InChI=1S/C27H29N7O.2C26H27N7O.C25H27N7O/c35-26(34-15-9-21(10-16-34)33-13-3-4-14-33)25-18-19-17-20(6-7-22(19)31-25)30-27-29-12-8-24(32-27)23-5-1-2-11-28-23;1-32-12-8-26(16-32)9-13-33(17-26)24(34)23-15-18-14-19(5-6-20(18)30-23)29-25-28-11-7-22(31-25)21-4-2-3-10-27-21;1-2-32-15-26(16-32)9-12-33(17-26)24(34)23-14-18-13-19(6-7-20(18)30-23)29-25-28-11-8-22(31-25)21-5-3-4-10-27-21;1-17(2)31-11-13-32(14-12-31)24(33)23-16-18-15-19(6-7-20(18)29-23)28-25-27-10-8-22(30-25)21-5-3-4-9-26-21/h1-2,5-8,11-12,17-18,21,31H,3-4,9-10,13-16H2,(H,29,30,32);2-7,10-11,14-15,30H,8-9,12-13,16-17H2,1H3,(H,28,29,31);3-8,10-11,13-14,30H,2,9,12,15-17H2,1H3,(H,28,29,31);3-10,15-17,29H,11-14H2,1-2H3,(H,27,28,30). The molecule has 32 heteroatoms. The van der Waals surface area contributed by atoms with Crippen LogP contribution >= 0.6 is 0 Å². The Labute approximate surface area is 787 Å². The van der Waals surface area contributed by atoms with Gasteiger partial charge in [0, 0.05) is 224 Å². The average molecular weight is 1820 g/mol. The number of piperazine rings is 1. The van der Waals surface area contributed by atoms with E-state index in [1.165, 1.54) is 32.4 Å². The lowest BCUT2D eigenvalue weighted by Gasteiger charge is -2.47. The van der Waals surface area contributed by atoms with Crippen molar-refractivity contribution in [1.29, 1.82) is 0 Å². The smallest absolute Gasteiger partial charge is 0.270 e. The minimum Gasteiger partial charge on any atom is -0.351 e. The number of pyridine rings is 4. The third-order valence-electron chi connectivity index (χ3n) is 27.1. The number of hydrogen-bond donors (Lipinski definition) is 8. The second-order valence-electron chi connectivity index (χ2n) is 36.8. The molecule has 12 aromatic heterocycles. The minimum absolute atomic E-state index is 0.0514. The first kappa shape index (κ1) is 88.8. The zero-order valence-corrected chi connectivity index (χ0v) is 76.8. The largest absolute Gasteiger partial charge is 0.351 e. The van der Waals surface area contributed by atoms with E-state index in [2.05, 4.69) is 148 Å². The molecular weight excluding hydrogens is 1710 g/mol. The van der Waals surface area contributed by atoms with Crippen LogP contribution in [0, 0.1) is 10.8 Å². The van der Waals surface area contributed by atoms with Crippen molar-refractivity contribution in [3.8, 4) is 45.6 Å². The molecule has 2 spiro atoms. The molecule has 7 aliphatic rings. The number of amides is 4. The molecule has 7 aliphatic heterocycles. The summed E-state index contributed by atoms with van der Waals surface area (Å²) in [6, 6.07) is 63.0. The zero-order chi connectivity index (χ0) is 92.6. The summed E-state index contributed by atoms with van der Waals surface area (Å²) >= 11 is 0. The number of aromatic amines is 4. The molecule has 1 unspecified atom stereocenters. The van der Waals surface area contributed by atoms with Gasteiger partial charge < -0.3 is 75.5 Å². The predicted molar refractivity (Wildman–Crippen MR) is 530 cm³/mol. The van der Waals surface area contributed by atoms with Gasteiger partial charge in [0.05, 0.1) is 45.6 Å². The molecule has 0 saturated carbocycles. The highest BCUT2D eigenvalue weighted by Gasteiger charge is 2.49. The molecular formula is C104H110N28O4. The first-order valence-corrected chi connectivity index (χ1v) is 47.1. The Morgan fingerprint density at radius 1 is 0.346 bits per heavy atom. The van der Waals surface area contributed by atoms with Gasteiger partial charge in [0.2, 0.25) is 23.8 Å². The van der Waals surface area contributed by atoms with Crippen molar-refractivity contribution in [3.05, 3.63) is 266 Å². The summed E-state index contributed by atoms with van der Waals surface area (Å²) < 4.78 is 0. The number of nitrogens with one attached hydrogen (secondary N) is 8. The number of benzene rings is 4. The van der Waals surface area contributed by atoms with Gasteiger partial charge in [-0.15, -0.1) is 0 Å². The van der Waals surface area contributed by atoms with Crippen LogP contribution in [0.1, 0.15) is 108 Å². The van der Waals surface area contributed by atoms with Crippen molar-refractivity contribution in [3.63, 3.8) is 0 Å². The predicted octanol–water partition coefficient (Wildman–Crippen LogP) is 16.3. The minimum atomic E-state index is 0.0514. The van der Waals surface area contributed by atoms with Gasteiger partial charge in [-0.2, -0.15) is 0 Å². The molecule has 7 fully saturated rings. The van der Waals surface area contributed by atoms with Crippen molar-refractivity contribution in [2.75, 3.05) is 140 Å². The molecule has 1 atom stereocenters. The maximum Gasteiger partial charge on any atom is 0.270 e. The molecule has 23 rings (SSSR count). The number of carbonyl (C=O) groups excluding carboxylic acids is 4. The first-order chi connectivity index (χ1) is 66.5. The van der Waals surface area contributed by atoms with Crippen molar-refractivity contribution in [2.45, 2.75) is 77.8 Å². The van der Waals surface area contributed by atoms with Crippen molar-refractivity contribution >= 4 is 114 Å². The molecule has 690 valence electrons. The van der Waals surface area contributed by atoms with Gasteiger partial charge >= 0.3 is 0 Å². The number of hydrogen-bond acceptors (Lipinski definition) is 24. The van der Waals surface area contributed by atoms with Crippen molar-refractivity contribution < 1.29 is 19.2 Å². The van der Waals surface area contributed by atoms with E-state index in [4.69, 9.17) is 0 Å². The van der Waals surface area contributed by atoms with Gasteiger partial charge in [0.25, 0.3) is 23.6 Å². The third-order valence-corrected chi connectivity index (χ3v) is 27.1. The van der Waals surface area contributed by atoms with Gasteiger partial charge in [-0.25, -0.2) is 39.9 Å². The summed E-state index contributed by atoms with van der Waals surface area (Å²) in [5, 5.41) is 17.0. The van der Waals surface area contributed by atoms with Crippen LogP contribution in [-0.4, -0.2) is 273 Å². The monoisotopic (exact) mass is 1810 g/mol. The number of likely N-dealkylation sites (tertiary alicyclic amines) is 6. The van der Waals surface area contributed by atoms with Gasteiger partial charge in [-0.3, -0.25) is 44.0 Å². The van der Waals surface area contributed by atoms with Gasteiger partial charge in [0.1, 0.15) is 22.8 Å². The zero-order valence-electron chi connectivity index (χ0n) is 76.8. The molecule has 4 aromatic carbocycles. The number of fused-ring (bicyclic) bond motifs is 4. The van der Waals surface area contributed by atoms with Crippen LogP contribution in [0.25, 0.3) is 89.2 Å². The molecule has 0 radical (unpaired) electrons. The Morgan fingerprint density at radius 2 is 0.684 bits per heavy atom. The summed E-state index contributed by atoms with van der Waals surface area (Å²) in [5.41, 5.74) is 16.5. The summed E-state index contributed by atoms with van der Waals surface area (Å²) in [5.74, 6) is 2.30. The van der Waals surface area contributed by atoms with E-state index in [1.54, 1.807) is 49.6 Å². The number of anilines is 8. The highest BCUT2D eigenvalue weighted by Crippen LogP contribution is 2.42. The second-order valence-corrected chi connectivity index (χ2v) is 36.8. The lowest BCUT2D eigenvalue weighted by atomic mass is 9.79. The Bertz CT molecular complexity index is 6930. The van der Waals surface area contributed by atoms with E-state index in [9.17, 15) is 19.2 Å².